The fourth-order valence-corrected chi connectivity index (χ4v) is 1.39. The second-order valence-electron chi connectivity index (χ2n) is 3.79. The molecule has 100 valence electrons. The maximum atomic E-state index is 11.4. The third-order valence-electron chi connectivity index (χ3n) is 2.17. The molecule has 0 aliphatic carbocycles. The molecule has 0 aromatic heterocycles. The van der Waals surface area contributed by atoms with Crippen molar-refractivity contribution >= 4 is 35.6 Å². The molecule has 3 N–H and O–H groups in total. The standard InChI is InChI=1S/C12H17N3O2.ClH/c1-8-4-5-10(14-9(2)16)6-11(8)15-12(17)7-13-3;/h4-6,13H,7H2,1-3H3,(H,14,16)(H,15,17);1H. The van der Waals surface area contributed by atoms with E-state index in [0.29, 0.717) is 11.4 Å². The Morgan fingerprint density at radius 1 is 1.22 bits per heavy atom. The fraction of sp³-hybridized carbons (Fsp3) is 0.333. The summed E-state index contributed by atoms with van der Waals surface area (Å²) < 4.78 is 0. The van der Waals surface area contributed by atoms with E-state index in [1.54, 1.807) is 19.2 Å². The van der Waals surface area contributed by atoms with E-state index in [9.17, 15) is 9.59 Å². The maximum absolute atomic E-state index is 11.4. The molecule has 6 heteroatoms. The van der Waals surface area contributed by atoms with Gasteiger partial charge in [-0.3, -0.25) is 9.59 Å². The number of halogens is 1. The van der Waals surface area contributed by atoms with Gasteiger partial charge in [-0.25, -0.2) is 0 Å². The van der Waals surface area contributed by atoms with Crippen LogP contribution in [0.5, 0.6) is 0 Å². The van der Waals surface area contributed by atoms with Crippen LogP contribution in [0, 0.1) is 6.92 Å². The summed E-state index contributed by atoms with van der Waals surface area (Å²) in [4.78, 5) is 22.4. The summed E-state index contributed by atoms with van der Waals surface area (Å²) in [6, 6.07) is 5.38. The summed E-state index contributed by atoms with van der Waals surface area (Å²) in [6.45, 7) is 3.59. The first-order chi connectivity index (χ1) is 8.02. The number of benzene rings is 1. The molecule has 0 unspecified atom stereocenters. The molecule has 1 rings (SSSR count). The lowest BCUT2D eigenvalue weighted by molar-refractivity contribution is -0.115. The molecule has 0 spiro atoms. The van der Waals surface area contributed by atoms with Gasteiger partial charge in [-0.15, -0.1) is 12.4 Å². The maximum Gasteiger partial charge on any atom is 0.238 e. The van der Waals surface area contributed by atoms with Gasteiger partial charge in [0.15, 0.2) is 0 Å². The van der Waals surface area contributed by atoms with Gasteiger partial charge in [0.05, 0.1) is 6.54 Å². The summed E-state index contributed by atoms with van der Waals surface area (Å²) in [7, 11) is 1.71. The molecule has 1 aromatic carbocycles. The van der Waals surface area contributed by atoms with Crippen molar-refractivity contribution in [2.75, 3.05) is 24.2 Å². The molecule has 1 aromatic rings. The van der Waals surface area contributed by atoms with Crippen molar-refractivity contribution in [1.29, 1.82) is 0 Å². The zero-order chi connectivity index (χ0) is 12.8. The Hall–Kier alpha value is -1.59. The number of hydrogen-bond donors (Lipinski definition) is 3. The number of likely N-dealkylation sites (N-methyl/N-ethyl adjacent to an activating group) is 1. The monoisotopic (exact) mass is 271 g/mol. The topological polar surface area (TPSA) is 70.2 Å². The highest BCUT2D eigenvalue weighted by Gasteiger charge is 2.05. The Morgan fingerprint density at radius 2 is 1.89 bits per heavy atom. The number of amides is 2. The predicted octanol–water partition coefficient (Wildman–Crippen LogP) is 1.53. The average molecular weight is 272 g/mol. The molecule has 0 bridgehead atoms. The predicted molar refractivity (Wildman–Crippen MR) is 75.3 cm³/mol. The quantitative estimate of drug-likeness (QED) is 0.778. The molecular formula is C12H18ClN3O2. The van der Waals surface area contributed by atoms with Crippen molar-refractivity contribution in [3.63, 3.8) is 0 Å². The first-order valence-corrected chi connectivity index (χ1v) is 5.35. The van der Waals surface area contributed by atoms with E-state index in [-0.39, 0.29) is 30.8 Å². The summed E-state index contributed by atoms with van der Waals surface area (Å²) in [5, 5.41) is 8.22. The van der Waals surface area contributed by atoms with E-state index in [2.05, 4.69) is 16.0 Å². The highest BCUT2D eigenvalue weighted by Crippen LogP contribution is 2.20. The number of hydrogen-bond acceptors (Lipinski definition) is 3. The van der Waals surface area contributed by atoms with Crippen LogP contribution in [0.15, 0.2) is 18.2 Å². The average Bonchev–Trinajstić information content (AvgIpc) is 2.22. The van der Waals surface area contributed by atoms with Crippen LogP contribution in [0.4, 0.5) is 11.4 Å². The Kier molecular flexibility index (Phi) is 7.00. The second kappa shape index (κ2) is 7.68. The molecule has 18 heavy (non-hydrogen) atoms. The third kappa shape index (κ3) is 5.16. The van der Waals surface area contributed by atoms with E-state index in [4.69, 9.17) is 0 Å². The van der Waals surface area contributed by atoms with E-state index >= 15 is 0 Å². The van der Waals surface area contributed by atoms with Gasteiger partial charge in [-0.2, -0.15) is 0 Å². The van der Waals surface area contributed by atoms with Crippen molar-refractivity contribution in [3.05, 3.63) is 23.8 Å². The van der Waals surface area contributed by atoms with Crippen LogP contribution in [-0.2, 0) is 9.59 Å². The number of nitrogens with one attached hydrogen (secondary N) is 3. The SMILES string of the molecule is CNCC(=O)Nc1cc(NC(C)=O)ccc1C.Cl. The Bertz CT molecular complexity index is 435. The van der Waals surface area contributed by atoms with E-state index in [1.165, 1.54) is 6.92 Å². The van der Waals surface area contributed by atoms with Gasteiger partial charge < -0.3 is 16.0 Å². The molecule has 0 saturated heterocycles. The lowest BCUT2D eigenvalue weighted by Gasteiger charge is -2.10. The Morgan fingerprint density at radius 3 is 2.44 bits per heavy atom. The molecule has 0 aliphatic heterocycles. The number of carbonyl (C=O) groups is 2. The van der Waals surface area contributed by atoms with Crippen molar-refractivity contribution in [2.45, 2.75) is 13.8 Å². The van der Waals surface area contributed by atoms with Crippen molar-refractivity contribution in [3.8, 4) is 0 Å². The van der Waals surface area contributed by atoms with Gasteiger partial charge in [0.2, 0.25) is 11.8 Å². The third-order valence-corrected chi connectivity index (χ3v) is 2.17. The molecule has 0 atom stereocenters. The van der Waals surface area contributed by atoms with Gasteiger partial charge in [-0.05, 0) is 31.7 Å². The van der Waals surface area contributed by atoms with Crippen LogP contribution in [0.2, 0.25) is 0 Å². The second-order valence-corrected chi connectivity index (χ2v) is 3.79. The van der Waals surface area contributed by atoms with Crippen LogP contribution < -0.4 is 16.0 Å². The Balaban J connectivity index is 0.00000289. The fourth-order valence-electron chi connectivity index (χ4n) is 1.39. The van der Waals surface area contributed by atoms with Crippen molar-refractivity contribution < 1.29 is 9.59 Å². The minimum Gasteiger partial charge on any atom is -0.326 e. The normalized spacial score (nSPS) is 9.28. The smallest absolute Gasteiger partial charge is 0.238 e. The lowest BCUT2D eigenvalue weighted by atomic mass is 10.1. The summed E-state index contributed by atoms with van der Waals surface area (Å²) >= 11 is 0. The van der Waals surface area contributed by atoms with Crippen LogP contribution >= 0.6 is 12.4 Å². The van der Waals surface area contributed by atoms with Gasteiger partial charge in [0.25, 0.3) is 0 Å². The molecule has 0 aliphatic rings. The minimum absolute atomic E-state index is 0. The highest BCUT2D eigenvalue weighted by molar-refractivity contribution is 5.95. The van der Waals surface area contributed by atoms with Gasteiger partial charge in [-0.1, -0.05) is 6.07 Å². The molecule has 0 fully saturated rings. The molecule has 0 radical (unpaired) electrons. The first-order valence-electron chi connectivity index (χ1n) is 5.35. The van der Waals surface area contributed by atoms with Gasteiger partial charge >= 0.3 is 0 Å². The van der Waals surface area contributed by atoms with E-state index in [1.807, 2.05) is 13.0 Å². The van der Waals surface area contributed by atoms with Crippen LogP contribution in [-0.4, -0.2) is 25.4 Å². The Labute approximate surface area is 113 Å². The number of anilines is 2. The number of aryl methyl sites for hydroxylation is 1. The molecular weight excluding hydrogens is 254 g/mol. The summed E-state index contributed by atoms with van der Waals surface area (Å²) in [6.07, 6.45) is 0. The van der Waals surface area contributed by atoms with Gasteiger partial charge in [0, 0.05) is 18.3 Å². The van der Waals surface area contributed by atoms with E-state index in [0.717, 1.165) is 5.56 Å². The first kappa shape index (κ1) is 16.4. The van der Waals surface area contributed by atoms with E-state index < -0.39 is 0 Å². The highest BCUT2D eigenvalue weighted by atomic mass is 35.5. The van der Waals surface area contributed by atoms with Crippen molar-refractivity contribution in [2.24, 2.45) is 0 Å². The molecule has 5 nitrogen and oxygen atoms in total. The lowest BCUT2D eigenvalue weighted by Crippen LogP contribution is -2.25. The largest absolute Gasteiger partial charge is 0.326 e. The molecule has 0 heterocycles. The molecule has 2 amide bonds. The zero-order valence-electron chi connectivity index (χ0n) is 10.7. The van der Waals surface area contributed by atoms with Crippen molar-refractivity contribution in [1.82, 2.24) is 5.32 Å². The number of carbonyl (C=O) groups excluding carboxylic acids is 2. The summed E-state index contributed by atoms with van der Waals surface area (Å²) in [5.41, 5.74) is 2.32. The van der Waals surface area contributed by atoms with Crippen LogP contribution in [0.3, 0.4) is 0 Å². The van der Waals surface area contributed by atoms with Crippen LogP contribution in [0.25, 0.3) is 0 Å². The summed E-state index contributed by atoms with van der Waals surface area (Å²) in [5.74, 6) is -0.253. The minimum atomic E-state index is -0.138. The zero-order valence-corrected chi connectivity index (χ0v) is 11.5. The van der Waals surface area contributed by atoms with Crippen LogP contribution in [0.1, 0.15) is 12.5 Å². The molecule has 0 saturated carbocycles. The van der Waals surface area contributed by atoms with Gasteiger partial charge in [0.1, 0.15) is 0 Å². The number of rotatable bonds is 4.